The topological polar surface area (TPSA) is 3.88 Å². The zero-order chi connectivity index (χ0) is 13.9. The second kappa shape index (κ2) is 7.59. The molecule has 0 radical (unpaired) electrons. The van der Waals surface area contributed by atoms with Gasteiger partial charge in [0.1, 0.15) is 7.05 Å². The first-order valence-corrected chi connectivity index (χ1v) is 7.83. The van der Waals surface area contributed by atoms with E-state index in [1.807, 2.05) is 12.1 Å². The number of fused-ring (bicyclic) bond motifs is 1. The molecule has 2 aromatic rings. The van der Waals surface area contributed by atoms with E-state index in [-0.39, 0.29) is 24.0 Å². The molecule has 3 heteroatoms. The van der Waals surface area contributed by atoms with Crippen LogP contribution in [0.1, 0.15) is 41.9 Å². The number of benzene rings is 1. The van der Waals surface area contributed by atoms with Gasteiger partial charge in [-0.15, -0.1) is 0 Å². The van der Waals surface area contributed by atoms with Crippen LogP contribution in [0, 0.1) is 0 Å². The molecule has 21 heavy (non-hydrogen) atoms. The third kappa shape index (κ3) is 3.98. The Morgan fingerprint density at radius 2 is 2.05 bits per heavy atom. The molecule has 0 N–H and O–H groups in total. The fourth-order valence-corrected chi connectivity index (χ4v) is 3.53. The van der Waals surface area contributed by atoms with E-state index in [9.17, 15) is 0 Å². The van der Waals surface area contributed by atoms with Gasteiger partial charge in [0.2, 0.25) is 0 Å². The third-order valence-electron chi connectivity index (χ3n) is 4.38. The van der Waals surface area contributed by atoms with Gasteiger partial charge in [-0.05, 0) is 55.2 Å². The highest BCUT2D eigenvalue weighted by atomic mass is 127. The van der Waals surface area contributed by atoms with Crippen molar-refractivity contribution in [3.63, 3.8) is 0 Å². The Kier molecular flexibility index (Phi) is 6.06. The molecule has 0 saturated carbocycles. The second-order valence-electron chi connectivity index (χ2n) is 5.81. The zero-order valence-corrected chi connectivity index (χ0v) is 15.3. The first-order chi connectivity index (χ1) is 9.74. The van der Waals surface area contributed by atoms with Gasteiger partial charge >= 0.3 is 0 Å². The van der Waals surface area contributed by atoms with Crippen LogP contribution in [0.5, 0.6) is 0 Å². The molecule has 1 aromatic heterocycles. The number of hydrogen-bond acceptors (Lipinski definition) is 0. The average molecular weight is 414 g/mol. The summed E-state index contributed by atoms with van der Waals surface area (Å²) in [6.07, 6.45) is 10.6. The average Bonchev–Trinajstić information content (AvgIpc) is 2.46. The van der Waals surface area contributed by atoms with Crippen LogP contribution in [-0.4, -0.2) is 0 Å². The zero-order valence-electron chi connectivity index (χ0n) is 12.4. The quantitative estimate of drug-likeness (QED) is 0.526. The van der Waals surface area contributed by atoms with Gasteiger partial charge in [-0.2, -0.15) is 0 Å². The summed E-state index contributed by atoms with van der Waals surface area (Å²) in [5.41, 5.74) is 4.37. The lowest BCUT2D eigenvalue weighted by atomic mass is 9.81. The lowest BCUT2D eigenvalue weighted by Crippen LogP contribution is -3.00. The van der Waals surface area contributed by atoms with Gasteiger partial charge in [-0.3, -0.25) is 0 Å². The molecule has 0 aliphatic heterocycles. The summed E-state index contributed by atoms with van der Waals surface area (Å²) in [6, 6.07) is 10.5. The van der Waals surface area contributed by atoms with E-state index in [4.69, 9.17) is 11.6 Å². The van der Waals surface area contributed by atoms with Crippen molar-refractivity contribution in [3.8, 4) is 0 Å². The Labute approximate surface area is 149 Å². The maximum Gasteiger partial charge on any atom is 0.171 e. The molecule has 1 heterocycles. The van der Waals surface area contributed by atoms with Gasteiger partial charge in [0, 0.05) is 16.7 Å². The number of nitrogens with zero attached hydrogens (tertiary/aromatic N) is 1. The molecule has 0 bridgehead atoms. The number of rotatable bonds is 3. The molecule has 3 rings (SSSR count). The molecule has 1 nitrogen and oxygen atoms in total. The van der Waals surface area contributed by atoms with E-state index in [1.54, 1.807) is 5.56 Å². The van der Waals surface area contributed by atoms with Gasteiger partial charge in [-0.25, -0.2) is 4.57 Å². The Bertz CT molecular complexity index is 612. The van der Waals surface area contributed by atoms with E-state index < -0.39 is 0 Å². The Balaban J connectivity index is 0.00000161. The van der Waals surface area contributed by atoms with Gasteiger partial charge in [-0.1, -0.05) is 29.8 Å². The van der Waals surface area contributed by atoms with Crippen LogP contribution in [0.3, 0.4) is 0 Å². The second-order valence-corrected chi connectivity index (χ2v) is 6.22. The molecule has 1 atom stereocenters. The van der Waals surface area contributed by atoms with E-state index in [2.05, 4.69) is 42.2 Å². The minimum atomic E-state index is 0. The molecule has 1 aliphatic carbocycles. The Morgan fingerprint density at radius 3 is 2.86 bits per heavy atom. The predicted molar refractivity (Wildman–Crippen MR) is 83.1 cm³/mol. The summed E-state index contributed by atoms with van der Waals surface area (Å²) < 4.78 is 2.16. The minimum Gasteiger partial charge on any atom is -1.00 e. The standard InChI is InChI=1S/C18H21ClN.HI/c1-20-12-11-17-14(6-4-7-16(17)13-20)9-10-15-5-2-3-8-18(15)19;/h2-3,5,8,11-14H,4,6-7,9-10H2,1H3;1H/q+1;/p-1. The van der Waals surface area contributed by atoms with Crippen LogP contribution in [-0.2, 0) is 19.9 Å². The summed E-state index contributed by atoms with van der Waals surface area (Å²) in [4.78, 5) is 0. The fraction of sp³-hybridized carbons (Fsp3) is 0.389. The summed E-state index contributed by atoms with van der Waals surface area (Å²) in [5, 5.41) is 0.906. The summed E-state index contributed by atoms with van der Waals surface area (Å²) in [7, 11) is 2.10. The summed E-state index contributed by atoms with van der Waals surface area (Å²) >= 11 is 6.26. The van der Waals surface area contributed by atoms with Crippen molar-refractivity contribution in [1.29, 1.82) is 0 Å². The van der Waals surface area contributed by atoms with Crippen LogP contribution < -0.4 is 28.5 Å². The SMILES string of the molecule is C[n+]1ccc2c(c1)CCCC2CCc1ccccc1Cl.[I-]. The minimum absolute atomic E-state index is 0. The lowest BCUT2D eigenvalue weighted by molar-refractivity contribution is -0.672. The fourth-order valence-electron chi connectivity index (χ4n) is 3.30. The van der Waals surface area contributed by atoms with E-state index in [1.165, 1.54) is 36.8 Å². The first kappa shape index (κ1) is 16.8. The van der Waals surface area contributed by atoms with Crippen molar-refractivity contribution in [3.05, 3.63) is 64.4 Å². The van der Waals surface area contributed by atoms with E-state index in [0.717, 1.165) is 11.4 Å². The van der Waals surface area contributed by atoms with Gasteiger partial charge in [0.25, 0.3) is 0 Å². The maximum absolute atomic E-state index is 6.26. The highest BCUT2D eigenvalue weighted by Gasteiger charge is 2.22. The lowest BCUT2D eigenvalue weighted by Gasteiger charge is -2.24. The molecular weight excluding hydrogens is 393 g/mol. The predicted octanol–water partition coefficient (Wildman–Crippen LogP) is 1.22. The highest BCUT2D eigenvalue weighted by Crippen LogP contribution is 2.34. The Morgan fingerprint density at radius 1 is 1.24 bits per heavy atom. The first-order valence-electron chi connectivity index (χ1n) is 7.45. The molecule has 112 valence electrons. The van der Waals surface area contributed by atoms with Crippen molar-refractivity contribution in [2.75, 3.05) is 0 Å². The monoisotopic (exact) mass is 413 g/mol. The number of pyridine rings is 1. The molecule has 1 aliphatic rings. The summed E-state index contributed by atoms with van der Waals surface area (Å²) in [5.74, 6) is 0.691. The van der Waals surface area contributed by atoms with Gasteiger partial charge in [0.05, 0.1) is 0 Å². The summed E-state index contributed by atoms with van der Waals surface area (Å²) in [6.45, 7) is 0. The molecule has 1 aromatic carbocycles. The van der Waals surface area contributed by atoms with Crippen LogP contribution in [0.4, 0.5) is 0 Å². The van der Waals surface area contributed by atoms with Crippen LogP contribution in [0.2, 0.25) is 5.02 Å². The van der Waals surface area contributed by atoms with Gasteiger partial charge < -0.3 is 24.0 Å². The van der Waals surface area contributed by atoms with E-state index >= 15 is 0 Å². The number of halogens is 2. The Hall–Kier alpha value is -0.610. The van der Waals surface area contributed by atoms with Crippen molar-refractivity contribution in [2.24, 2.45) is 7.05 Å². The normalized spacial score (nSPS) is 17.0. The largest absolute Gasteiger partial charge is 1.00 e. The molecule has 0 fully saturated rings. The molecule has 0 amide bonds. The smallest absolute Gasteiger partial charge is 0.171 e. The van der Waals surface area contributed by atoms with Crippen molar-refractivity contribution >= 4 is 11.6 Å². The molecular formula is C18H21ClIN. The number of hydrogen-bond donors (Lipinski definition) is 0. The van der Waals surface area contributed by atoms with Crippen LogP contribution >= 0.6 is 11.6 Å². The molecule has 0 saturated heterocycles. The molecule has 1 unspecified atom stereocenters. The maximum atomic E-state index is 6.26. The molecule has 0 spiro atoms. The van der Waals surface area contributed by atoms with Crippen LogP contribution in [0.15, 0.2) is 42.7 Å². The number of aryl methyl sites for hydroxylation is 3. The van der Waals surface area contributed by atoms with Crippen molar-refractivity contribution < 1.29 is 28.5 Å². The van der Waals surface area contributed by atoms with Crippen molar-refractivity contribution in [1.82, 2.24) is 0 Å². The van der Waals surface area contributed by atoms with Crippen LogP contribution in [0.25, 0.3) is 0 Å². The van der Waals surface area contributed by atoms with E-state index in [0.29, 0.717) is 5.92 Å². The third-order valence-corrected chi connectivity index (χ3v) is 4.75. The van der Waals surface area contributed by atoms with Crippen molar-refractivity contribution in [2.45, 2.75) is 38.0 Å². The number of aromatic nitrogens is 1. The highest BCUT2D eigenvalue weighted by molar-refractivity contribution is 6.31. The van der Waals surface area contributed by atoms with Gasteiger partial charge in [0.15, 0.2) is 12.4 Å².